The molecule has 0 unspecified atom stereocenters. The number of ether oxygens (including phenoxy) is 4. The molecule has 4 aromatic carbocycles. The molecule has 0 heterocycles. The van der Waals surface area contributed by atoms with Gasteiger partial charge in [-0.05, 0) is 92.9 Å². The molecular formula is C42H34O8. The summed E-state index contributed by atoms with van der Waals surface area (Å²) in [7, 11) is 0. The highest BCUT2D eigenvalue weighted by Gasteiger charge is 2.21. The van der Waals surface area contributed by atoms with Crippen LogP contribution in [0.5, 0.6) is 23.0 Å². The first-order chi connectivity index (χ1) is 23.7. The van der Waals surface area contributed by atoms with Gasteiger partial charge in [0.1, 0.15) is 23.0 Å². The van der Waals surface area contributed by atoms with Crippen LogP contribution in [0.15, 0.2) is 134 Å². The van der Waals surface area contributed by atoms with Gasteiger partial charge in [-0.1, -0.05) is 74.6 Å². The second kappa shape index (κ2) is 15.9. The molecule has 0 radical (unpaired) electrons. The molecule has 0 aromatic heterocycles. The molecule has 0 bridgehead atoms. The Morgan fingerprint density at radius 1 is 0.440 bits per heavy atom. The van der Waals surface area contributed by atoms with Gasteiger partial charge in [-0.15, -0.1) is 0 Å². The van der Waals surface area contributed by atoms with Crippen LogP contribution in [-0.4, -0.2) is 23.9 Å². The van der Waals surface area contributed by atoms with E-state index in [9.17, 15) is 19.2 Å². The van der Waals surface area contributed by atoms with Crippen LogP contribution >= 0.6 is 0 Å². The van der Waals surface area contributed by atoms with Crippen LogP contribution in [0.1, 0.15) is 38.8 Å². The van der Waals surface area contributed by atoms with Gasteiger partial charge >= 0.3 is 23.9 Å². The summed E-state index contributed by atoms with van der Waals surface area (Å²) in [5, 5.41) is 0. The van der Waals surface area contributed by atoms with Crippen LogP contribution in [0.2, 0.25) is 0 Å². The summed E-state index contributed by atoms with van der Waals surface area (Å²) >= 11 is 0. The van der Waals surface area contributed by atoms with Gasteiger partial charge in [-0.3, -0.25) is 0 Å². The van der Waals surface area contributed by atoms with Gasteiger partial charge < -0.3 is 18.9 Å². The molecule has 0 fully saturated rings. The first-order valence-electron chi connectivity index (χ1n) is 15.2. The Kier molecular flexibility index (Phi) is 11.5. The van der Waals surface area contributed by atoms with Crippen molar-refractivity contribution >= 4 is 23.9 Å². The van der Waals surface area contributed by atoms with Crippen molar-refractivity contribution in [2.24, 2.45) is 0 Å². The summed E-state index contributed by atoms with van der Waals surface area (Å²) in [6, 6.07) is 24.1. The van der Waals surface area contributed by atoms with Crippen molar-refractivity contribution in [2.75, 3.05) is 0 Å². The third kappa shape index (κ3) is 9.43. The maximum atomic E-state index is 12.7. The van der Waals surface area contributed by atoms with Crippen molar-refractivity contribution in [1.29, 1.82) is 0 Å². The highest BCUT2D eigenvalue weighted by molar-refractivity contribution is 5.94. The zero-order valence-electron chi connectivity index (χ0n) is 28.2. The number of hydrogen-bond donors (Lipinski definition) is 0. The molecule has 0 N–H and O–H groups in total. The normalized spacial score (nSPS) is 10.1. The van der Waals surface area contributed by atoms with Crippen molar-refractivity contribution in [1.82, 2.24) is 0 Å². The number of rotatable bonds is 10. The van der Waals surface area contributed by atoms with E-state index in [-0.39, 0.29) is 39.5 Å². The Hall–Kier alpha value is -6.72. The highest BCUT2D eigenvalue weighted by Crippen LogP contribution is 2.41. The van der Waals surface area contributed by atoms with E-state index < -0.39 is 23.9 Å². The maximum absolute atomic E-state index is 12.7. The summed E-state index contributed by atoms with van der Waals surface area (Å²) in [6.45, 7) is 20.7. The standard InChI is InChI=1S/C42H34O8/c1-25(2)39(43)47-34-19-15-32(16-20-34)31-13-11-29(12-14-31)9-10-30-23-36(49-41(45)27(5)6)38(37(24-30)50-42(46)28(7)8)33-17-21-35(22-18-33)48-40(44)26(3)4/h11-24H,1,3,5,7H2,2,4,6,8H3. The fourth-order valence-corrected chi connectivity index (χ4v) is 4.17. The Labute approximate surface area is 291 Å². The number of carbonyl (C=O) groups is 4. The van der Waals surface area contributed by atoms with Crippen molar-refractivity contribution < 1.29 is 38.1 Å². The predicted octanol–water partition coefficient (Wildman–Crippen LogP) is 8.35. The molecule has 0 saturated heterocycles. The molecular weight excluding hydrogens is 632 g/mol. The Balaban J connectivity index is 1.71. The van der Waals surface area contributed by atoms with E-state index in [0.717, 1.165) is 11.1 Å². The maximum Gasteiger partial charge on any atom is 0.338 e. The number of carbonyl (C=O) groups excluding carboxylic acids is 4. The lowest BCUT2D eigenvalue weighted by molar-refractivity contribution is -0.131. The molecule has 0 aliphatic heterocycles. The van der Waals surface area contributed by atoms with Gasteiger partial charge in [0.25, 0.3) is 0 Å². The lowest BCUT2D eigenvalue weighted by Gasteiger charge is -2.16. The van der Waals surface area contributed by atoms with Gasteiger partial charge in [0.05, 0.1) is 5.56 Å². The third-order valence-electron chi connectivity index (χ3n) is 6.85. The fraction of sp³-hybridized carbons (Fsp3) is 0.0952. The molecule has 0 aliphatic carbocycles. The summed E-state index contributed by atoms with van der Waals surface area (Å²) in [5.74, 6) is 4.49. The lowest BCUT2D eigenvalue weighted by atomic mass is 10.00. The number of hydrogen-bond acceptors (Lipinski definition) is 8. The summed E-state index contributed by atoms with van der Waals surface area (Å²) < 4.78 is 22.0. The van der Waals surface area contributed by atoms with Crippen molar-refractivity contribution in [3.8, 4) is 57.1 Å². The minimum Gasteiger partial charge on any atom is -0.423 e. The first kappa shape index (κ1) is 36.1. The zero-order chi connectivity index (χ0) is 36.5. The smallest absolute Gasteiger partial charge is 0.338 e. The monoisotopic (exact) mass is 666 g/mol. The number of esters is 4. The molecule has 4 rings (SSSR count). The van der Waals surface area contributed by atoms with E-state index >= 15 is 0 Å². The van der Waals surface area contributed by atoms with Crippen LogP contribution in [0.3, 0.4) is 0 Å². The highest BCUT2D eigenvalue weighted by atomic mass is 16.6. The number of benzene rings is 4. The predicted molar refractivity (Wildman–Crippen MR) is 192 cm³/mol. The average molecular weight is 667 g/mol. The molecule has 0 aliphatic rings. The van der Waals surface area contributed by atoms with Crippen LogP contribution < -0.4 is 18.9 Å². The second-order valence-electron chi connectivity index (χ2n) is 11.4. The quantitative estimate of drug-likeness (QED) is 0.0720. The molecule has 0 amide bonds. The van der Waals surface area contributed by atoms with E-state index in [2.05, 4.69) is 38.2 Å². The van der Waals surface area contributed by atoms with E-state index in [1.165, 1.54) is 20.8 Å². The van der Waals surface area contributed by atoms with Gasteiger partial charge in [0.15, 0.2) is 0 Å². The van der Waals surface area contributed by atoms with E-state index in [1.807, 2.05) is 36.4 Å². The van der Waals surface area contributed by atoms with Gasteiger partial charge in [0.2, 0.25) is 0 Å². The molecule has 50 heavy (non-hydrogen) atoms. The molecule has 0 saturated carbocycles. The topological polar surface area (TPSA) is 105 Å². The van der Waals surface area contributed by atoms with Crippen LogP contribution in [0.25, 0.3) is 22.3 Å². The average Bonchev–Trinajstić information content (AvgIpc) is 3.08. The first-order valence-corrected chi connectivity index (χ1v) is 15.2. The summed E-state index contributed by atoms with van der Waals surface area (Å²) in [5.41, 5.74) is 4.52. The van der Waals surface area contributed by atoms with Crippen LogP contribution in [0.4, 0.5) is 0 Å². The summed E-state index contributed by atoms with van der Waals surface area (Å²) in [4.78, 5) is 49.3. The van der Waals surface area contributed by atoms with Crippen LogP contribution in [-0.2, 0) is 19.2 Å². The van der Waals surface area contributed by atoms with Gasteiger partial charge in [-0.2, -0.15) is 0 Å². The SMILES string of the molecule is C=C(C)C(=O)Oc1ccc(-c2ccc(C#Cc3cc(OC(=O)C(=C)C)c(-c4ccc(OC(=O)C(=C)C)cc4)c(OC(=O)C(=C)C)c3)cc2)cc1. The van der Waals surface area contributed by atoms with Crippen molar-refractivity contribution in [3.05, 3.63) is 145 Å². The molecule has 0 spiro atoms. The minimum absolute atomic E-state index is 0.0636. The largest absolute Gasteiger partial charge is 0.423 e. The van der Waals surface area contributed by atoms with E-state index in [1.54, 1.807) is 55.5 Å². The second-order valence-corrected chi connectivity index (χ2v) is 11.4. The Morgan fingerprint density at radius 3 is 1.14 bits per heavy atom. The lowest BCUT2D eigenvalue weighted by Crippen LogP contribution is -2.12. The molecule has 0 atom stereocenters. The minimum atomic E-state index is -0.696. The molecule has 4 aromatic rings. The molecule has 8 nitrogen and oxygen atoms in total. The molecule has 8 heteroatoms. The third-order valence-corrected chi connectivity index (χ3v) is 6.85. The Morgan fingerprint density at radius 2 is 0.760 bits per heavy atom. The van der Waals surface area contributed by atoms with Crippen molar-refractivity contribution in [2.45, 2.75) is 27.7 Å². The van der Waals surface area contributed by atoms with Gasteiger partial charge in [-0.25, -0.2) is 19.2 Å². The zero-order valence-corrected chi connectivity index (χ0v) is 28.2. The fourth-order valence-electron chi connectivity index (χ4n) is 4.17. The molecule has 250 valence electrons. The Bertz CT molecular complexity index is 2050. The van der Waals surface area contributed by atoms with E-state index in [4.69, 9.17) is 18.9 Å². The van der Waals surface area contributed by atoms with Gasteiger partial charge in [0, 0.05) is 33.4 Å². The summed E-state index contributed by atoms with van der Waals surface area (Å²) in [6.07, 6.45) is 0. The van der Waals surface area contributed by atoms with Crippen molar-refractivity contribution in [3.63, 3.8) is 0 Å². The van der Waals surface area contributed by atoms with E-state index in [0.29, 0.717) is 28.0 Å². The van der Waals surface area contributed by atoms with Crippen LogP contribution in [0, 0.1) is 11.8 Å².